The van der Waals surface area contributed by atoms with Gasteiger partial charge < -0.3 is 21.3 Å². The van der Waals surface area contributed by atoms with Gasteiger partial charge in [-0.15, -0.1) is 0 Å². The zero-order valence-corrected chi connectivity index (χ0v) is 23.8. The lowest BCUT2D eigenvalue weighted by Gasteiger charge is -2.26. The van der Waals surface area contributed by atoms with Crippen molar-refractivity contribution in [1.29, 1.82) is 0 Å². The number of carbonyl (C=O) groups excluding carboxylic acids is 4. The zero-order chi connectivity index (χ0) is 28.9. The smallest absolute Gasteiger partial charge is 0.243 e. The molecule has 0 spiro atoms. The standard InChI is InChI=1S/C31H43N5O4/c1-22(2)28-31(40)32-17-11-19-36(21-25-14-8-5-9-15-25)18-10-16-27(37)34-26(20-24-12-6-4-7-13-24)30(39)33-23(3)29(38)35-28/h4-9,12-15,22-23,26,28H,10-11,16-21H2,1-3H3,(H,32,40)(H,33,39)(H,34,37)(H,35,38)/t23-,26+,28-/m1/s1. The van der Waals surface area contributed by atoms with Gasteiger partial charge in [0.25, 0.3) is 0 Å². The predicted octanol–water partition coefficient (Wildman–Crippen LogP) is 2.16. The highest BCUT2D eigenvalue weighted by molar-refractivity contribution is 5.94. The summed E-state index contributed by atoms with van der Waals surface area (Å²) >= 11 is 0. The Morgan fingerprint density at radius 2 is 1.40 bits per heavy atom. The average molecular weight is 550 g/mol. The summed E-state index contributed by atoms with van der Waals surface area (Å²) < 4.78 is 0. The first-order valence-electron chi connectivity index (χ1n) is 14.2. The van der Waals surface area contributed by atoms with Gasteiger partial charge in [-0.3, -0.25) is 24.1 Å². The Morgan fingerprint density at radius 3 is 2.05 bits per heavy atom. The molecule has 0 bridgehead atoms. The molecule has 4 N–H and O–H groups in total. The van der Waals surface area contributed by atoms with Crippen LogP contribution >= 0.6 is 0 Å². The predicted molar refractivity (Wildman–Crippen MR) is 155 cm³/mol. The fourth-order valence-corrected chi connectivity index (χ4v) is 4.72. The van der Waals surface area contributed by atoms with Gasteiger partial charge in [-0.05, 0) is 43.4 Å². The number of hydrogen-bond donors (Lipinski definition) is 4. The number of nitrogens with one attached hydrogen (secondary N) is 4. The number of amides is 4. The van der Waals surface area contributed by atoms with Crippen LogP contribution in [-0.4, -0.2) is 66.3 Å². The van der Waals surface area contributed by atoms with Crippen molar-refractivity contribution in [1.82, 2.24) is 26.2 Å². The van der Waals surface area contributed by atoms with Crippen LogP contribution in [0.15, 0.2) is 60.7 Å². The highest BCUT2D eigenvalue weighted by Crippen LogP contribution is 2.09. The Hall–Kier alpha value is -3.72. The lowest BCUT2D eigenvalue weighted by molar-refractivity contribution is -0.134. The van der Waals surface area contributed by atoms with E-state index in [1.54, 1.807) is 6.92 Å². The third kappa shape index (κ3) is 10.1. The summed E-state index contributed by atoms with van der Waals surface area (Å²) in [5, 5.41) is 11.4. The summed E-state index contributed by atoms with van der Waals surface area (Å²) in [5.41, 5.74) is 2.07. The van der Waals surface area contributed by atoms with Gasteiger partial charge >= 0.3 is 0 Å². The normalized spacial score (nSPS) is 22.9. The van der Waals surface area contributed by atoms with Crippen molar-refractivity contribution in [3.8, 4) is 0 Å². The van der Waals surface area contributed by atoms with Crippen LogP contribution in [0, 0.1) is 5.92 Å². The highest BCUT2D eigenvalue weighted by Gasteiger charge is 2.29. The fraction of sp³-hybridized carbons (Fsp3) is 0.484. The van der Waals surface area contributed by atoms with Crippen molar-refractivity contribution in [3.05, 3.63) is 71.8 Å². The molecule has 2 aromatic carbocycles. The first-order valence-corrected chi connectivity index (χ1v) is 14.2. The molecule has 2 aromatic rings. The Labute approximate surface area is 237 Å². The monoisotopic (exact) mass is 549 g/mol. The van der Waals surface area contributed by atoms with E-state index in [1.165, 1.54) is 5.56 Å². The minimum Gasteiger partial charge on any atom is -0.354 e. The molecule has 1 saturated heterocycles. The van der Waals surface area contributed by atoms with Crippen molar-refractivity contribution in [2.75, 3.05) is 19.6 Å². The van der Waals surface area contributed by atoms with E-state index in [0.29, 0.717) is 25.9 Å². The minimum atomic E-state index is -0.887. The number of carbonyl (C=O) groups is 4. The van der Waals surface area contributed by atoms with Crippen LogP contribution < -0.4 is 21.3 Å². The first kappa shape index (κ1) is 30.8. The molecule has 3 rings (SSSR count). The van der Waals surface area contributed by atoms with Crippen molar-refractivity contribution in [2.45, 2.75) is 71.1 Å². The summed E-state index contributed by atoms with van der Waals surface area (Å²) in [5.74, 6) is -1.50. The highest BCUT2D eigenvalue weighted by atomic mass is 16.2. The molecule has 1 aliphatic rings. The van der Waals surface area contributed by atoms with Gasteiger partial charge in [0.2, 0.25) is 23.6 Å². The molecule has 40 heavy (non-hydrogen) atoms. The zero-order valence-electron chi connectivity index (χ0n) is 23.8. The van der Waals surface area contributed by atoms with Crippen molar-refractivity contribution < 1.29 is 19.2 Å². The molecule has 9 heteroatoms. The second kappa shape index (κ2) is 15.8. The molecular weight excluding hydrogens is 506 g/mol. The molecular formula is C31H43N5O4. The average Bonchev–Trinajstić information content (AvgIpc) is 2.93. The topological polar surface area (TPSA) is 120 Å². The number of rotatable bonds is 5. The van der Waals surface area contributed by atoms with Crippen LogP contribution in [0.3, 0.4) is 0 Å². The second-order valence-corrected chi connectivity index (χ2v) is 10.8. The summed E-state index contributed by atoms with van der Waals surface area (Å²) in [6, 6.07) is 17.1. The minimum absolute atomic E-state index is 0.142. The van der Waals surface area contributed by atoms with E-state index in [4.69, 9.17) is 0 Å². The third-order valence-electron chi connectivity index (χ3n) is 7.01. The van der Waals surface area contributed by atoms with E-state index in [1.807, 2.05) is 62.4 Å². The number of benzene rings is 2. The van der Waals surface area contributed by atoms with Crippen LogP contribution in [0.25, 0.3) is 0 Å². The molecule has 0 unspecified atom stereocenters. The van der Waals surface area contributed by atoms with Gasteiger partial charge in [-0.1, -0.05) is 74.5 Å². The maximum atomic E-state index is 13.3. The molecule has 1 heterocycles. The second-order valence-electron chi connectivity index (χ2n) is 10.8. The van der Waals surface area contributed by atoms with Crippen molar-refractivity contribution in [2.24, 2.45) is 5.92 Å². The Kier molecular flexibility index (Phi) is 12.1. The van der Waals surface area contributed by atoms with Crippen LogP contribution in [-0.2, 0) is 32.1 Å². The Morgan fingerprint density at radius 1 is 0.775 bits per heavy atom. The first-order chi connectivity index (χ1) is 19.2. The lowest BCUT2D eigenvalue weighted by Crippen LogP contribution is -2.57. The van der Waals surface area contributed by atoms with Gasteiger partial charge in [0.05, 0.1) is 0 Å². The van der Waals surface area contributed by atoms with E-state index in [9.17, 15) is 19.2 Å². The quantitative estimate of drug-likeness (QED) is 0.456. The van der Waals surface area contributed by atoms with Crippen LogP contribution in [0.2, 0.25) is 0 Å². The largest absolute Gasteiger partial charge is 0.354 e. The van der Waals surface area contributed by atoms with Crippen LogP contribution in [0.5, 0.6) is 0 Å². The lowest BCUT2D eigenvalue weighted by atomic mass is 10.0. The molecule has 3 atom stereocenters. The summed E-state index contributed by atoms with van der Waals surface area (Å²) in [4.78, 5) is 54.4. The van der Waals surface area contributed by atoms with E-state index < -0.39 is 29.9 Å². The van der Waals surface area contributed by atoms with Gasteiger partial charge in [-0.25, -0.2) is 0 Å². The molecule has 0 radical (unpaired) electrons. The van der Waals surface area contributed by atoms with Crippen LogP contribution in [0.1, 0.15) is 51.2 Å². The van der Waals surface area contributed by atoms with Crippen LogP contribution in [0.4, 0.5) is 0 Å². The SMILES string of the molecule is CC(C)[C@H]1NC(=O)[C@@H](C)NC(=O)[C@H](Cc2ccccc2)NC(=O)CCCN(Cc2ccccc2)CCCNC1=O. The van der Waals surface area contributed by atoms with Gasteiger partial charge in [0, 0.05) is 32.5 Å². The summed E-state index contributed by atoms with van der Waals surface area (Å²) in [6.45, 7) is 7.96. The molecule has 0 aliphatic carbocycles. The molecule has 216 valence electrons. The maximum absolute atomic E-state index is 13.3. The van der Waals surface area contributed by atoms with Crippen molar-refractivity contribution >= 4 is 23.6 Å². The third-order valence-corrected chi connectivity index (χ3v) is 7.01. The number of nitrogens with zero attached hydrogens (tertiary/aromatic N) is 1. The van der Waals surface area contributed by atoms with Gasteiger partial charge in [0.1, 0.15) is 18.1 Å². The molecule has 4 amide bonds. The molecule has 1 fully saturated rings. The molecule has 0 aromatic heterocycles. The molecule has 9 nitrogen and oxygen atoms in total. The van der Waals surface area contributed by atoms with E-state index in [-0.39, 0.29) is 24.2 Å². The van der Waals surface area contributed by atoms with E-state index in [0.717, 1.165) is 25.1 Å². The molecule has 0 saturated carbocycles. The summed E-state index contributed by atoms with van der Waals surface area (Å²) in [6.07, 6.45) is 1.92. The molecule has 1 aliphatic heterocycles. The van der Waals surface area contributed by atoms with E-state index in [2.05, 4.69) is 38.3 Å². The maximum Gasteiger partial charge on any atom is 0.243 e. The Bertz CT molecular complexity index is 1110. The summed E-state index contributed by atoms with van der Waals surface area (Å²) in [7, 11) is 0. The Balaban J connectivity index is 1.78. The van der Waals surface area contributed by atoms with Gasteiger partial charge in [-0.2, -0.15) is 0 Å². The number of hydrogen-bond acceptors (Lipinski definition) is 5. The van der Waals surface area contributed by atoms with Crippen molar-refractivity contribution in [3.63, 3.8) is 0 Å². The fourth-order valence-electron chi connectivity index (χ4n) is 4.72. The van der Waals surface area contributed by atoms with E-state index >= 15 is 0 Å². The van der Waals surface area contributed by atoms with Gasteiger partial charge in [0.15, 0.2) is 0 Å².